The summed E-state index contributed by atoms with van der Waals surface area (Å²) in [6.07, 6.45) is 4.24. The molecule has 5 nitrogen and oxygen atoms in total. The van der Waals surface area contributed by atoms with E-state index in [4.69, 9.17) is 4.74 Å². The molecule has 1 saturated heterocycles. The Labute approximate surface area is 205 Å². The molecule has 1 unspecified atom stereocenters. The molecule has 1 N–H and O–H groups in total. The van der Waals surface area contributed by atoms with Crippen molar-refractivity contribution in [2.45, 2.75) is 45.6 Å². The van der Waals surface area contributed by atoms with E-state index >= 15 is 0 Å². The zero-order chi connectivity index (χ0) is 24.7. The molecule has 1 heterocycles. The summed E-state index contributed by atoms with van der Waals surface area (Å²) in [6.45, 7) is 3.97. The smallest absolute Gasteiger partial charge is 0.300 e. The Morgan fingerprint density at radius 1 is 0.914 bits per heavy atom. The number of Topliss-reactive ketones (excluding diaryl/α,β-unsaturated/α-hetero) is 1. The van der Waals surface area contributed by atoms with Crippen molar-refractivity contribution in [3.05, 3.63) is 99.6 Å². The molecule has 5 heteroatoms. The molecular formula is C30H29NO4. The van der Waals surface area contributed by atoms with Gasteiger partial charge in [0, 0.05) is 16.8 Å². The number of benzene rings is 3. The quantitative estimate of drug-likeness (QED) is 0.298. The zero-order valence-corrected chi connectivity index (χ0v) is 20.3. The van der Waals surface area contributed by atoms with Crippen LogP contribution < -0.4 is 9.64 Å². The highest BCUT2D eigenvalue weighted by Gasteiger charge is 2.48. The maximum Gasteiger partial charge on any atom is 0.300 e. The first kappa shape index (κ1) is 22.9. The normalized spacial score (nSPS) is 19.1. The summed E-state index contributed by atoms with van der Waals surface area (Å²) in [5, 5.41) is 11.5. The predicted molar refractivity (Wildman–Crippen MR) is 137 cm³/mol. The second kappa shape index (κ2) is 9.06. The van der Waals surface area contributed by atoms with Crippen molar-refractivity contribution in [1.82, 2.24) is 0 Å². The van der Waals surface area contributed by atoms with E-state index in [9.17, 15) is 14.7 Å². The van der Waals surface area contributed by atoms with E-state index in [-0.39, 0.29) is 11.3 Å². The highest BCUT2D eigenvalue weighted by atomic mass is 16.5. The number of ether oxygens (including phenoxy) is 1. The highest BCUT2D eigenvalue weighted by molar-refractivity contribution is 6.51. The van der Waals surface area contributed by atoms with E-state index in [1.165, 1.54) is 16.0 Å². The summed E-state index contributed by atoms with van der Waals surface area (Å²) in [5.41, 5.74) is 6.47. The largest absolute Gasteiger partial charge is 0.507 e. The SMILES string of the molecule is COc1ccccc1C1/C(=C(\O)c2ccc3c(c2)CCCC3)C(=O)C(=O)N1c1ccc(C)c(C)c1. The van der Waals surface area contributed by atoms with E-state index in [2.05, 4.69) is 0 Å². The van der Waals surface area contributed by atoms with E-state index in [0.29, 0.717) is 22.6 Å². The molecule has 1 atom stereocenters. The van der Waals surface area contributed by atoms with Gasteiger partial charge in [-0.2, -0.15) is 0 Å². The minimum atomic E-state index is -0.815. The third-order valence-corrected chi connectivity index (χ3v) is 7.27. The van der Waals surface area contributed by atoms with Crippen LogP contribution in [0.3, 0.4) is 0 Å². The van der Waals surface area contributed by atoms with Crippen LogP contribution in [0.5, 0.6) is 5.75 Å². The Kier molecular flexibility index (Phi) is 5.93. The van der Waals surface area contributed by atoms with Gasteiger partial charge < -0.3 is 9.84 Å². The fraction of sp³-hybridized carbons (Fsp3) is 0.267. The fourth-order valence-corrected chi connectivity index (χ4v) is 5.20. The lowest BCUT2D eigenvalue weighted by atomic mass is 9.88. The van der Waals surface area contributed by atoms with Crippen LogP contribution in [0.1, 0.15) is 52.3 Å². The van der Waals surface area contributed by atoms with Gasteiger partial charge in [0.15, 0.2) is 0 Å². The van der Waals surface area contributed by atoms with Crippen LogP contribution in [0.4, 0.5) is 5.69 Å². The number of methoxy groups -OCH3 is 1. The Morgan fingerprint density at radius 2 is 1.66 bits per heavy atom. The Hall–Kier alpha value is -3.86. The van der Waals surface area contributed by atoms with Crippen molar-refractivity contribution in [2.75, 3.05) is 12.0 Å². The first-order valence-corrected chi connectivity index (χ1v) is 12.0. The molecule has 1 aliphatic carbocycles. The number of aliphatic hydroxyl groups excluding tert-OH is 1. The van der Waals surface area contributed by atoms with Crippen molar-refractivity contribution in [1.29, 1.82) is 0 Å². The van der Waals surface area contributed by atoms with Gasteiger partial charge in [-0.1, -0.05) is 36.4 Å². The predicted octanol–water partition coefficient (Wildman–Crippen LogP) is 5.82. The zero-order valence-electron chi connectivity index (χ0n) is 20.3. The number of hydrogen-bond donors (Lipinski definition) is 1. The lowest BCUT2D eigenvalue weighted by Gasteiger charge is -2.27. The molecule has 0 aromatic heterocycles. The number of amides is 1. The van der Waals surface area contributed by atoms with Gasteiger partial charge in [-0.3, -0.25) is 14.5 Å². The molecule has 3 aromatic carbocycles. The number of aliphatic hydroxyl groups is 1. The molecule has 1 fully saturated rings. The molecule has 5 rings (SSSR count). The monoisotopic (exact) mass is 467 g/mol. The van der Waals surface area contributed by atoms with Crippen LogP contribution in [-0.2, 0) is 22.4 Å². The second-order valence-electron chi connectivity index (χ2n) is 9.37. The van der Waals surface area contributed by atoms with Crippen molar-refractivity contribution >= 4 is 23.1 Å². The van der Waals surface area contributed by atoms with Crippen LogP contribution in [0.15, 0.2) is 66.2 Å². The number of ketones is 1. The Bertz CT molecular complexity index is 1370. The lowest BCUT2D eigenvalue weighted by molar-refractivity contribution is -0.132. The third-order valence-electron chi connectivity index (χ3n) is 7.27. The second-order valence-corrected chi connectivity index (χ2v) is 9.37. The summed E-state index contributed by atoms with van der Waals surface area (Å²) in [6, 6.07) is 18.0. The molecule has 2 aliphatic rings. The van der Waals surface area contributed by atoms with E-state index in [1.54, 1.807) is 13.2 Å². The molecule has 0 radical (unpaired) electrons. The molecule has 3 aromatic rings. The van der Waals surface area contributed by atoms with Gasteiger partial charge in [0.25, 0.3) is 11.7 Å². The number of aryl methyl sites for hydroxylation is 4. The molecule has 0 saturated carbocycles. The number of carbonyl (C=O) groups is 2. The van der Waals surface area contributed by atoms with E-state index in [1.807, 2.05) is 68.4 Å². The van der Waals surface area contributed by atoms with Crippen molar-refractivity contribution < 1.29 is 19.4 Å². The van der Waals surface area contributed by atoms with Gasteiger partial charge in [0.2, 0.25) is 0 Å². The molecule has 1 amide bonds. The van der Waals surface area contributed by atoms with E-state index < -0.39 is 17.7 Å². The maximum atomic E-state index is 13.5. The fourth-order valence-electron chi connectivity index (χ4n) is 5.20. The van der Waals surface area contributed by atoms with Crippen molar-refractivity contribution in [3.63, 3.8) is 0 Å². The molecule has 178 valence electrons. The standard InChI is InChI=1S/C30H29NO4/c1-18-12-15-23(16-19(18)2)31-27(24-10-6-7-11-25(24)35-3)26(29(33)30(31)34)28(32)22-14-13-20-8-4-5-9-21(20)17-22/h6-7,10-17,27,32H,4-5,8-9H2,1-3H3/b28-26+. The number of carbonyl (C=O) groups excluding carboxylic acids is 2. The molecular weight excluding hydrogens is 438 g/mol. The molecule has 1 aliphatic heterocycles. The highest BCUT2D eigenvalue weighted by Crippen LogP contribution is 2.45. The summed E-state index contributed by atoms with van der Waals surface area (Å²) in [4.78, 5) is 28.4. The van der Waals surface area contributed by atoms with Crippen LogP contribution in [-0.4, -0.2) is 23.9 Å². The maximum absolute atomic E-state index is 13.5. The minimum absolute atomic E-state index is 0.0773. The summed E-state index contributed by atoms with van der Waals surface area (Å²) in [7, 11) is 1.56. The third kappa shape index (κ3) is 3.91. The molecule has 0 bridgehead atoms. The number of nitrogens with zero attached hydrogens (tertiary/aromatic N) is 1. The van der Waals surface area contributed by atoms with Gasteiger partial charge >= 0.3 is 0 Å². The average molecular weight is 468 g/mol. The van der Waals surface area contributed by atoms with Crippen molar-refractivity contribution in [2.24, 2.45) is 0 Å². The van der Waals surface area contributed by atoms with Crippen LogP contribution in [0.25, 0.3) is 5.76 Å². The summed E-state index contributed by atoms with van der Waals surface area (Å²) in [5.74, 6) is -0.971. The topological polar surface area (TPSA) is 66.8 Å². The number of para-hydroxylation sites is 1. The Morgan fingerprint density at radius 3 is 2.40 bits per heavy atom. The summed E-state index contributed by atoms with van der Waals surface area (Å²) >= 11 is 0. The van der Waals surface area contributed by atoms with Gasteiger partial charge in [0.05, 0.1) is 18.7 Å². The lowest BCUT2D eigenvalue weighted by Crippen LogP contribution is -2.29. The first-order chi connectivity index (χ1) is 16.9. The van der Waals surface area contributed by atoms with Gasteiger partial charge in [-0.25, -0.2) is 0 Å². The number of fused-ring (bicyclic) bond motifs is 1. The molecule has 35 heavy (non-hydrogen) atoms. The Balaban J connectivity index is 1.73. The van der Waals surface area contributed by atoms with Crippen LogP contribution >= 0.6 is 0 Å². The van der Waals surface area contributed by atoms with Gasteiger partial charge in [0.1, 0.15) is 11.5 Å². The van der Waals surface area contributed by atoms with Gasteiger partial charge in [-0.15, -0.1) is 0 Å². The summed E-state index contributed by atoms with van der Waals surface area (Å²) < 4.78 is 5.61. The average Bonchev–Trinajstić information content (AvgIpc) is 3.15. The van der Waals surface area contributed by atoms with Gasteiger partial charge in [-0.05, 0) is 86.1 Å². The number of rotatable bonds is 4. The van der Waals surface area contributed by atoms with Crippen molar-refractivity contribution in [3.8, 4) is 5.75 Å². The van der Waals surface area contributed by atoms with Crippen LogP contribution in [0, 0.1) is 13.8 Å². The number of hydrogen-bond acceptors (Lipinski definition) is 4. The van der Waals surface area contributed by atoms with Crippen LogP contribution in [0.2, 0.25) is 0 Å². The first-order valence-electron chi connectivity index (χ1n) is 12.0. The molecule has 0 spiro atoms. The number of anilines is 1. The van der Waals surface area contributed by atoms with E-state index in [0.717, 1.165) is 36.8 Å². The minimum Gasteiger partial charge on any atom is -0.507 e.